The monoisotopic (exact) mass is 629 g/mol. The number of nitrogens with one attached hydrogen (secondary N) is 2. The summed E-state index contributed by atoms with van der Waals surface area (Å²) in [6, 6.07) is 18.8. The zero-order valence-corrected chi connectivity index (χ0v) is 25.9. The Morgan fingerprint density at radius 3 is 2.59 bits per heavy atom. The van der Waals surface area contributed by atoms with Crippen LogP contribution in [0, 0.1) is 0 Å². The number of hydrogen-bond acceptors (Lipinski definition) is 11. The Bertz CT molecular complexity index is 2050. The predicted molar refractivity (Wildman–Crippen MR) is 180 cm³/mol. The van der Waals surface area contributed by atoms with Crippen LogP contribution in [-0.4, -0.2) is 66.6 Å². The Balaban J connectivity index is 1.24. The molecule has 1 aliphatic rings. The van der Waals surface area contributed by atoms with Gasteiger partial charge in [0.1, 0.15) is 10.7 Å². The van der Waals surface area contributed by atoms with E-state index >= 15 is 0 Å². The summed E-state index contributed by atoms with van der Waals surface area (Å²) >= 11 is 1.47. The molecule has 4 aromatic heterocycles. The molecular weight excluding hydrogens is 599 g/mol. The van der Waals surface area contributed by atoms with Gasteiger partial charge in [0.05, 0.1) is 24.5 Å². The van der Waals surface area contributed by atoms with Gasteiger partial charge in [0, 0.05) is 63.8 Å². The van der Waals surface area contributed by atoms with E-state index in [1.54, 1.807) is 55.1 Å². The minimum atomic E-state index is -0.461. The molecule has 11 nitrogen and oxygen atoms in total. The smallest absolute Gasteiger partial charge is 0.263 e. The fraction of sp³-hybridized carbons (Fsp3) is 0.206. The first-order valence-corrected chi connectivity index (χ1v) is 15.9. The molecule has 1 saturated heterocycles. The van der Waals surface area contributed by atoms with Crippen molar-refractivity contribution < 1.29 is 4.79 Å². The van der Waals surface area contributed by atoms with E-state index < -0.39 is 5.56 Å². The zero-order valence-electron chi connectivity index (χ0n) is 25.1. The first-order chi connectivity index (χ1) is 22.5. The van der Waals surface area contributed by atoms with Crippen molar-refractivity contribution in [2.24, 2.45) is 0 Å². The molecule has 1 aliphatic heterocycles. The number of carbonyl (C=O) groups excluding carboxylic acids is 1. The van der Waals surface area contributed by atoms with Crippen molar-refractivity contribution in [3.05, 3.63) is 118 Å². The van der Waals surface area contributed by atoms with Crippen molar-refractivity contribution in [3.63, 3.8) is 0 Å². The predicted octanol–water partition coefficient (Wildman–Crippen LogP) is 5.23. The quantitative estimate of drug-likeness (QED) is 0.205. The number of pyridine rings is 1. The summed E-state index contributed by atoms with van der Waals surface area (Å²) < 4.78 is 1.50. The summed E-state index contributed by atoms with van der Waals surface area (Å²) in [6.45, 7) is 2.26. The van der Waals surface area contributed by atoms with Crippen LogP contribution in [0.5, 0.6) is 0 Å². The average Bonchev–Trinajstić information content (AvgIpc) is 3.62. The lowest BCUT2D eigenvalue weighted by atomic mass is 10.0. The molecule has 0 aliphatic carbocycles. The maximum Gasteiger partial charge on any atom is 0.263 e. The number of likely N-dealkylation sites (N-methyl/N-ethyl adjacent to an activating group) is 1. The van der Waals surface area contributed by atoms with Gasteiger partial charge >= 0.3 is 0 Å². The van der Waals surface area contributed by atoms with Gasteiger partial charge in [-0.05, 0) is 56.8 Å². The summed E-state index contributed by atoms with van der Waals surface area (Å²) in [5.41, 5.74) is 3.71. The van der Waals surface area contributed by atoms with Crippen LogP contribution in [0.3, 0.4) is 0 Å². The van der Waals surface area contributed by atoms with Gasteiger partial charge in [-0.15, -0.1) is 11.3 Å². The largest absolute Gasteiger partial charge is 0.381 e. The van der Waals surface area contributed by atoms with Gasteiger partial charge in [0.25, 0.3) is 5.56 Å². The molecule has 230 valence electrons. The van der Waals surface area contributed by atoms with E-state index in [1.807, 2.05) is 35.7 Å². The number of nitrogens with zero attached hydrogens (tertiary/aromatic N) is 7. The van der Waals surface area contributed by atoms with Crippen molar-refractivity contribution in [1.29, 1.82) is 0 Å². The fourth-order valence-electron chi connectivity index (χ4n) is 5.76. The molecule has 2 aromatic carbocycles. The summed E-state index contributed by atoms with van der Waals surface area (Å²) in [5, 5.41) is 18.2. The van der Waals surface area contributed by atoms with Gasteiger partial charge in [0.2, 0.25) is 5.95 Å². The van der Waals surface area contributed by atoms with E-state index in [2.05, 4.69) is 42.7 Å². The van der Waals surface area contributed by atoms with Crippen LogP contribution in [0.15, 0.2) is 95.6 Å². The minimum Gasteiger partial charge on any atom is -0.381 e. The highest BCUT2D eigenvalue weighted by molar-refractivity contribution is 7.13. The van der Waals surface area contributed by atoms with Crippen LogP contribution in [0.4, 0.5) is 17.3 Å². The van der Waals surface area contributed by atoms with Gasteiger partial charge in [-0.3, -0.25) is 14.2 Å². The van der Waals surface area contributed by atoms with Crippen molar-refractivity contribution in [2.75, 3.05) is 30.8 Å². The summed E-state index contributed by atoms with van der Waals surface area (Å²) in [7, 11) is 2.15. The number of piperidine rings is 1. The number of ketones is 1. The second kappa shape index (κ2) is 13.0. The summed E-state index contributed by atoms with van der Waals surface area (Å²) in [5.74, 6) is -0.0459. The first-order valence-electron chi connectivity index (χ1n) is 15.0. The topological polar surface area (TPSA) is 131 Å². The van der Waals surface area contributed by atoms with E-state index in [9.17, 15) is 9.59 Å². The number of fused-ring (bicyclic) bond motifs is 1. The number of rotatable bonds is 9. The lowest BCUT2D eigenvalue weighted by Crippen LogP contribution is -2.39. The maximum atomic E-state index is 14.1. The third-order valence-corrected chi connectivity index (χ3v) is 8.85. The molecule has 0 spiro atoms. The van der Waals surface area contributed by atoms with Crippen LogP contribution in [0.25, 0.3) is 21.6 Å². The van der Waals surface area contributed by atoms with E-state index in [1.165, 1.54) is 22.3 Å². The van der Waals surface area contributed by atoms with Gasteiger partial charge in [-0.1, -0.05) is 30.3 Å². The van der Waals surface area contributed by atoms with Crippen LogP contribution in [0.1, 0.15) is 34.3 Å². The molecule has 0 amide bonds. The summed E-state index contributed by atoms with van der Waals surface area (Å²) in [4.78, 5) is 43.7. The molecular formula is C34H31N9O2S. The number of benzene rings is 2. The van der Waals surface area contributed by atoms with Crippen molar-refractivity contribution in [2.45, 2.75) is 25.4 Å². The first kappa shape index (κ1) is 29.4. The molecule has 1 unspecified atom stereocenters. The standard InChI is InChI=1S/C34H31N9O2S/c1-42-14-5-8-27(21-42)39-25-9-11-26(12-10-25)40-34-36-17-23-16-28(30(44)22-6-3-2-4-7-22)33(45)43(31(23)41-34)20-24-18-37-38-19-29(24)32-35-13-15-46-32/h2-4,6-7,9-13,15-19,27,39H,5,8,14,20-21H2,1H3,(H,36,40,41). The van der Waals surface area contributed by atoms with E-state index in [0.29, 0.717) is 28.6 Å². The van der Waals surface area contributed by atoms with Crippen LogP contribution in [-0.2, 0) is 6.54 Å². The van der Waals surface area contributed by atoms with E-state index in [-0.39, 0.29) is 17.9 Å². The zero-order chi connectivity index (χ0) is 31.5. The molecule has 0 bridgehead atoms. The normalized spacial score (nSPS) is 15.1. The van der Waals surface area contributed by atoms with Crippen LogP contribution < -0.4 is 16.2 Å². The Hall–Kier alpha value is -5.33. The molecule has 0 saturated carbocycles. The second-order valence-corrected chi connectivity index (χ2v) is 12.2. The maximum absolute atomic E-state index is 14.1. The molecule has 5 heterocycles. The molecule has 12 heteroatoms. The lowest BCUT2D eigenvalue weighted by Gasteiger charge is -2.30. The van der Waals surface area contributed by atoms with Gasteiger partial charge in [0.15, 0.2) is 5.78 Å². The van der Waals surface area contributed by atoms with Crippen LogP contribution >= 0.6 is 11.3 Å². The third-order valence-electron chi connectivity index (χ3n) is 8.05. The Morgan fingerprint density at radius 2 is 1.80 bits per heavy atom. The minimum absolute atomic E-state index is 0.0353. The highest BCUT2D eigenvalue weighted by atomic mass is 32.1. The molecule has 7 rings (SSSR count). The number of anilines is 3. The SMILES string of the molecule is CN1CCCC(Nc2ccc(Nc3ncc4cc(C(=O)c5ccccc5)c(=O)n(Cc5cnncc5-c5nccs5)c4n3)cc2)C1. The molecule has 2 N–H and O–H groups in total. The highest BCUT2D eigenvalue weighted by Gasteiger charge is 2.21. The second-order valence-electron chi connectivity index (χ2n) is 11.3. The van der Waals surface area contributed by atoms with E-state index in [0.717, 1.165) is 47.0 Å². The van der Waals surface area contributed by atoms with Gasteiger partial charge in [-0.2, -0.15) is 15.2 Å². The fourth-order valence-corrected chi connectivity index (χ4v) is 6.45. The van der Waals surface area contributed by atoms with Gasteiger partial charge < -0.3 is 15.5 Å². The van der Waals surface area contributed by atoms with Crippen molar-refractivity contribution >= 4 is 45.5 Å². The number of likely N-dealkylation sites (tertiary alicyclic amines) is 1. The average molecular weight is 630 g/mol. The number of aromatic nitrogens is 6. The molecule has 1 fully saturated rings. The Kier molecular flexibility index (Phi) is 8.28. The molecule has 6 aromatic rings. The van der Waals surface area contributed by atoms with Crippen molar-refractivity contribution in [3.8, 4) is 10.6 Å². The molecule has 1 atom stereocenters. The Morgan fingerprint density at radius 1 is 1.00 bits per heavy atom. The number of carbonyl (C=O) groups is 1. The van der Waals surface area contributed by atoms with Crippen LogP contribution in [0.2, 0.25) is 0 Å². The highest BCUT2D eigenvalue weighted by Crippen LogP contribution is 2.26. The Labute approximate surface area is 269 Å². The number of hydrogen-bond donors (Lipinski definition) is 2. The number of thiazole rings is 1. The van der Waals surface area contributed by atoms with Crippen molar-refractivity contribution in [1.82, 2.24) is 34.6 Å². The lowest BCUT2D eigenvalue weighted by molar-refractivity contribution is 0.103. The molecule has 0 radical (unpaired) electrons. The van der Waals surface area contributed by atoms with E-state index in [4.69, 9.17) is 4.98 Å². The third kappa shape index (κ3) is 6.25. The van der Waals surface area contributed by atoms with Gasteiger partial charge in [-0.25, -0.2) is 9.97 Å². The summed E-state index contributed by atoms with van der Waals surface area (Å²) in [6.07, 6.45) is 8.92. The molecule has 46 heavy (non-hydrogen) atoms.